The predicted molar refractivity (Wildman–Crippen MR) is 124 cm³/mol. The SMILES string of the molecule is CN=C(NCCCN1CCCC(C(N)=O)C1)NCC(C)(C)N1CCOCC1.I. The van der Waals surface area contributed by atoms with Crippen molar-refractivity contribution in [3.63, 3.8) is 0 Å². The molecule has 0 bridgehead atoms. The second-order valence-electron chi connectivity index (χ2n) is 8.16. The Balaban J connectivity index is 0.00000392. The molecule has 8 nitrogen and oxygen atoms in total. The molecular formula is C19H39IN6O2. The van der Waals surface area contributed by atoms with Gasteiger partial charge in [0.25, 0.3) is 0 Å². The van der Waals surface area contributed by atoms with Crippen LogP contribution in [-0.4, -0.2) is 93.3 Å². The van der Waals surface area contributed by atoms with Gasteiger partial charge in [0.1, 0.15) is 0 Å². The molecule has 28 heavy (non-hydrogen) atoms. The minimum atomic E-state index is -0.162. The smallest absolute Gasteiger partial charge is 0.221 e. The summed E-state index contributed by atoms with van der Waals surface area (Å²) >= 11 is 0. The van der Waals surface area contributed by atoms with E-state index in [2.05, 4.69) is 39.3 Å². The fourth-order valence-electron chi connectivity index (χ4n) is 3.80. The van der Waals surface area contributed by atoms with Crippen LogP contribution in [0.1, 0.15) is 33.1 Å². The summed E-state index contributed by atoms with van der Waals surface area (Å²) in [5.74, 6) is 0.693. The molecular weight excluding hydrogens is 471 g/mol. The Morgan fingerprint density at radius 2 is 1.96 bits per heavy atom. The highest BCUT2D eigenvalue weighted by Gasteiger charge is 2.28. The number of likely N-dealkylation sites (tertiary alicyclic amines) is 1. The second-order valence-corrected chi connectivity index (χ2v) is 8.16. The number of nitrogens with two attached hydrogens (primary N) is 1. The number of nitrogens with one attached hydrogen (secondary N) is 2. The Morgan fingerprint density at radius 3 is 2.61 bits per heavy atom. The molecule has 0 spiro atoms. The van der Waals surface area contributed by atoms with Crippen LogP contribution in [0, 0.1) is 5.92 Å². The molecule has 0 aromatic heterocycles. The second kappa shape index (κ2) is 12.8. The summed E-state index contributed by atoms with van der Waals surface area (Å²) in [4.78, 5) is 20.5. The van der Waals surface area contributed by atoms with Crippen molar-refractivity contribution in [3.8, 4) is 0 Å². The lowest BCUT2D eigenvalue weighted by atomic mass is 9.97. The quantitative estimate of drug-likeness (QED) is 0.190. The molecule has 0 radical (unpaired) electrons. The third kappa shape index (κ3) is 8.38. The van der Waals surface area contributed by atoms with Crippen LogP contribution < -0.4 is 16.4 Å². The van der Waals surface area contributed by atoms with E-state index in [4.69, 9.17) is 10.5 Å². The molecule has 164 valence electrons. The van der Waals surface area contributed by atoms with Crippen LogP contribution in [0.5, 0.6) is 0 Å². The fraction of sp³-hybridized carbons (Fsp3) is 0.895. The van der Waals surface area contributed by atoms with E-state index in [0.717, 1.165) is 84.2 Å². The van der Waals surface area contributed by atoms with Gasteiger partial charge in [0.15, 0.2) is 5.96 Å². The monoisotopic (exact) mass is 510 g/mol. The largest absolute Gasteiger partial charge is 0.379 e. The van der Waals surface area contributed by atoms with Crippen molar-refractivity contribution in [2.75, 3.05) is 66.1 Å². The zero-order valence-electron chi connectivity index (χ0n) is 17.7. The lowest BCUT2D eigenvalue weighted by molar-refractivity contribution is -0.123. The molecule has 0 aromatic carbocycles. The number of hydrogen-bond donors (Lipinski definition) is 3. The van der Waals surface area contributed by atoms with Crippen molar-refractivity contribution < 1.29 is 9.53 Å². The highest BCUT2D eigenvalue weighted by Crippen LogP contribution is 2.16. The number of piperidine rings is 1. The predicted octanol–water partition coefficient (Wildman–Crippen LogP) is 0.468. The summed E-state index contributed by atoms with van der Waals surface area (Å²) in [6, 6.07) is 0. The van der Waals surface area contributed by atoms with Crippen molar-refractivity contribution in [2.45, 2.75) is 38.6 Å². The van der Waals surface area contributed by atoms with E-state index in [1.807, 2.05) is 0 Å². The number of rotatable bonds is 8. The van der Waals surface area contributed by atoms with Crippen LogP contribution in [0.15, 0.2) is 4.99 Å². The lowest BCUT2D eigenvalue weighted by Gasteiger charge is -2.41. The number of primary amides is 1. The van der Waals surface area contributed by atoms with Crippen LogP contribution in [-0.2, 0) is 9.53 Å². The number of carbonyl (C=O) groups is 1. The van der Waals surface area contributed by atoms with Gasteiger partial charge in [-0.1, -0.05) is 0 Å². The number of ether oxygens (including phenoxy) is 1. The van der Waals surface area contributed by atoms with Gasteiger partial charge in [0, 0.05) is 45.3 Å². The maximum absolute atomic E-state index is 11.4. The molecule has 0 saturated carbocycles. The maximum Gasteiger partial charge on any atom is 0.221 e. The van der Waals surface area contributed by atoms with Crippen molar-refractivity contribution in [3.05, 3.63) is 0 Å². The Hall–Kier alpha value is -0.650. The molecule has 2 aliphatic heterocycles. The summed E-state index contributed by atoms with van der Waals surface area (Å²) in [5.41, 5.74) is 5.51. The summed E-state index contributed by atoms with van der Waals surface area (Å²) in [6.07, 6.45) is 3.00. The first-order valence-electron chi connectivity index (χ1n) is 10.2. The van der Waals surface area contributed by atoms with Crippen LogP contribution >= 0.6 is 24.0 Å². The Bertz CT molecular complexity index is 497. The summed E-state index contributed by atoms with van der Waals surface area (Å²) in [7, 11) is 1.80. The van der Waals surface area contributed by atoms with E-state index < -0.39 is 0 Å². The van der Waals surface area contributed by atoms with Gasteiger partial charge in [-0.05, 0) is 46.2 Å². The van der Waals surface area contributed by atoms with Crippen LogP contribution in [0.25, 0.3) is 0 Å². The summed E-state index contributed by atoms with van der Waals surface area (Å²) in [6.45, 7) is 12.6. The Morgan fingerprint density at radius 1 is 1.25 bits per heavy atom. The number of hydrogen-bond acceptors (Lipinski definition) is 5. The molecule has 9 heteroatoms. The average molecular weight is 510 g/mol. The first kappa shape index (κ1) is 25.4. The van der Waals surface area contributed by atoms with Crippen LogP contribution in [0.2, 0.25) is 0 Å². The molecule has 0 aromatic rings. The summed E-state index contributed by atoms with van der Waals surface area (Å²) in [5, 5.41) is 6.84. The molecule has 2 saturated heterocycles. The van der Waals surface area contributed by atoms with Crippen molar-refractivity contribution in [2.24, 2.45) is 16.6 Å². The lowest BCUT2D eigenvalue weighted by Crippen LogP contribution is -2.56. The molecule has 1 atom stereocenters. The van der Waals surface area contributed by atoms with Gasteiger partial charge in [-0.2, -0.15) is 0 Å². The molecule has 4 N–H and O–H groups in total. The number of carbonyl (C=O) groups excluding carboxylic acids is 1. The minimum absolute atomic E-state index is 0. The average Bonchev–Trinajstić information content (AvgIpc) is 2.68. The molecule has 2 rings (SSSR count). The Kier molecular flexibility index (Phi) is 11.6. The standard InChI is InChI=1S/C19H38N6O2.HI/c1-19(2,25-10-12-27-13-11-25)15-23-18(21-3)22-7-5-9-24-8-4-6-16(14-24)17(20)26;/h16H,4-15H2,1-3H3,(H2,20,26)(H2,21,22,23);1H. The van der Waals surface area contributed by atoms with Crippen LogP contribution in [0.3, 0.4) is 0 Å². The van der Waals surface area contributed by atoms with Gasteiger partial charge < -0.3 is 26.0 Å². The number of morpholine rings is 1. The van der Waals surface area contributed by atoms with E-state index >= 15 is 0 Å². The number of guanidine groups is 1. The molecule has 2 heterocycles. The third-order valence-corrected chi connectivity index (χ3v) is 5.63. The molecule has 1 unspecified atom stereocenters. The topological polar surface area (TPSA) is 95.2 Å². The highest BCUT2D eigenvalue weighted by atomic mass is 127. The number of nitrogens with zero attached hydrogens (tertiary/aromatic N) is 3. The van der Waals surface area contributed by atoms with Crippen molar-refractivity contribution >= 4 is 35.8 Å². The maximum atomic E-state index is 11.4. The van der Waals surface area contributed by atoms with Gasteiger partial charge in [0.2, 0.25) is 5.91 Å². The number of halogens is 1. The minimum Gasteiger partial charge on any atom is -0.379 e. The van der Waals surface area contributed by atoms with Gasteiger partial charge in [0.05, 0.1) is 19.1 Å². The molecule has 2 aliphatic rings. The van der Waals surface area contributed by atoms with E-state index in [0.29, 0.717) is 0 Å². The van der Waals surface area contributed by atoms with Gasteiger partial charge in [-0.3, -0.25) is 14.7 Å². The number of aliphatic imine (C=N–C) groups is 1. The molecule has 2 fully saturated rings. The zero-order valence-corrected chi connectivity index (χ0v) is 20.0. The van der Waals surface area contributed by atoms with E-state index in [-0.39, 0.29) is 41.3 Å². The van der Waals surface area contributed by atoms with E-state index in [1.165, 1.54) is 0 Å². The van der Waals surface area contributed by atoms with Gasteiger partial charge in [-0.25, -0.2) is 0 Å². The number of amides is 1. The third-order valence-electron chi connectivity index (χ3n) is 5.63. The van der Waals surface area contributed by atoms with Gasteiger partial charge >= 0.3 is 0 Å². The summed E-state index contributed by atoms with van der Waals surface area (Å²) < 4.78 is 5.45. The van der Waals surface area contributed by atoms with Crippen molar-refractivity contribution in [1.29, 1.82) is 0 Å². The first-order chi connectivity index (χ1) is 12.9. The Labute approximate surface area is 187 Å². The highest BCUT2D eigenvalue weighted by molar-refractivity contribution is 14.0. The van der Waals surface area contributed by atoms with Gasteiger partial charge in [-0.15, -0.1) is 24.0 Å². The molecule has 0 aliphatic carbocycles. The zero-order chi connectivity index (χ0) is 19.7. The van der Waals surface area contributed by atoms with E-state index in [9.17, 15) is 4.79 Å². The first-order valence-corrected chi connectivity index (χ1v) is 10.2. The fourth-order valence-corrected chi connectivity index (χ4v) is 3.80. The normalized spacial score (nSPS) is 22.4. The van der Waals surface area contributed by atoms with Crippen LogP contribution in [0.4, 0.5) is 0 Å². The van der Waals surface area contributed by atoms with E-state index in [1.54, 1.807) is 7.05 Å². The molecule has 1 amide bonds. The van der Waals surface area contributed by atoms with Crippen molar-refractivity contribution in [1.82, 2.24) is 20.4 Å².